The molecule has 3 N–H and O–H groups in total. The van der Waals surface area contributed by atoms with Gasteiger partial charge in [0.2, 0.25) is 0 Å². The Labute approximate surface area is 103 Å². The lowest BCUT2D eigenvalue weighted by atomic mass is 10.1. The number of benzene rings is 1. The summed E-state index contributed by atoms with van der Waals surface area (Å²) in [7, 11) is 0. The van der Waals surface area contributed by atoms with E-state index < -0.39 is 16.6 Å². The maximum absolute atomic E-state index is 10.8. The fourth-order valence-electron chi connectivity index (χ4n) is 1.33. The number of rotatable bonds is 6. The Kier molecular flexibility index (Phi) is 4.61. The Balaban J connectivity index is 2.93. The fourth-order valence-corrected chi connectivity index (χ4v) is 1.33. The zero-order valence-electron chi connectivity index (χ0n) is 9.79. The Morgan fingerprint density at radius 3 is 2.72 bits per heavy atom. The SMILES string of the molecule is CC(CO)CNc1ccc(C(=O)O)c([N+](=O)[O-])c1. The largest absolute Gasteiger partial charge is 0.477 e. The van der Waals surface area contributed by atoms with E-state index in [-0.39, 0.29) is 18.1 Å². The number of hydrogen-bond acceptors (Lipinski definition) is 5. The minimum Gasteiger partial charge on any atom is -0.477 e. The molecule has 1 aromatic rings. The molecule has 1 rings (SSSR count). The number of aliphatic hydroxyl groups excluding tert-OH is 1. The lowest BCUT2D eigenvalue weighted by Gasteiger charge is -2.11. The molecular weight excluding hydrogens is 240 g/mol. The summed E-state index contributed by atoms with van der Waals surface area (Å²) in [6, 6.07) is 3.82. The van der Waals surface area contributed by atoms with Crippen molar-refractivity contribution in [2.24, 2.45) is 5.92 Å². The van der Waals surface area contributed by atoms with Crippen molar-refractivity contribution in [1.82, 2.24) is 0 Å². The fraction of sp³-hybridized carbons (Fsp3) is 0.364. The van der Waals surface area contributed by atoms with Crippen LogP contribution in [0.25, 0.3) is 0 Å². The Morgan fingerprint density at radius 1 is 1.56 bits per heavy atom. The number of carbonyl (C=O) groups is 1. The zero-order valence-corrected chi connectivity index (χ0v) is 9.79. The standard InChI is InChI=1S/C11H14N2O5/c1-7(6-14)5-12-8-2-3-9(11(15)16)10(4-8)13(17)18/h2-4,7,12,14H,5-6H2,1H3,(H,15,16). The Morgan fingerprint density at radius 2 is 2.22 bits per heavy atom. The number of hydrogen-bond donors (Lipinski definition) is 3. The summed E-state index contributed by atoms with van der Waals surface area (Å²) >= 11 is 0. The van der Waals surface area contributed by atoms with Gasteiger partial charge in [-0.3, -0.25) is 10.1 Å². The van der Waals surface area contributed by atoms with Crippen molar-refractivity contribution >= 4 is 17.3 Å². The zero-order chi connectivity index (χ0) is 13.7. The van der Waals surface area contributed by atoms with Crippen molar-refractivity contribution in [2.75, 3.05) is 18.5 Å². The molecule has 0 saturated heterocycles. The predicted molar refractivity (Wildman–Crippen MR) is 64.8 cm³/mol. The molecule has 0 radical (unpaired) electrons. The molecular formula is C11H14N2O5. The number of nitrogens with one attached hydrogen (secondary N) is 1. The third-order valence-electron chi connectivity index (χ3n) is 2.39. The summed E-state index contributed by atoms with van der Waals surface area (Å²) in [4.78, 5) is 20.8. The second-order valence-corrected chi connectivity index (χ2v) is 3.96. The van der Waals surface area contributed by atoms with Crippen LogP contribution in [0.2, 0.25) is 0 Å². The number of carboxylic acids is 1. The second kappa shape index (κ2) is 5.97. The molecule has 0 fully saturated rings. The summed E-state index contributed by atoms with van der Waals surface area (Å²) in [6.07, 6.45) is 0. The average molecular weight is 254 g/mol. The highest BCUT2D eigenvalue weighted by atomic mass is 16.6. The van der Waals surface area contributed by atoms with E-state index in [0.717, 1.165) is 0 Å². The van der Waals surface area contributed by atoms with Gasteiger partial charge in [0.15, 0.2) is 0 Å². The molecule has 1 aromatic carbocycles. The van der Waals surface area contributed by atoms with Gasteiger partial charge in [-0.25, -0.2) is 4.79 Å². The van der Waals surface area contributed by atoms with Crippen LogP contribution >= 0.6 is 0 Å². The van der Waals surface area contributed by atoms with Gasteiger partial charge in [-0.1, -0.05) is 6.92 Å². The van der Waals surface area contributed by atoms with Crippen LogP contribution in [0.15, 0.2) is 18.2 Å². The first-order chi connectivity index (χ1) is 8.45. The van der Waals surface area contributed by atoms with E-state index in [0.29, 0.717) is 12.2 Å². The van der Waals surface area contributed by atoms with Crippen LogP contribution < -0.4 is 5.32 Å². The van der Waals surface area contributed by atoms with Crippen molar-refractivity contribution in [3.05, 3.63) is 33.9 Å². The normalized spacial score (nSPS) is 11.9. The number of anilines is 1. The summed E-state index contributed by atoms with van der Waals surface area (Å²) in [5.74, 6) is -1.33. The van der Waals surface area contributed by atoms with Crippen LogP contribution in [-0.4, -0.2) is 34.3 Å². The van der Waals surface area contributed by atoms with Gasteiger partial charge in [-0.2, -0.15) is 0 Å². The molecule has 98 valence electrons. The number of aliphatic hydroxyl groups is 1. The first-order valence-corrected chi connectivity index (χ1v) is 5.32. The van der Waals surface area contributed by atoms with Gasteiger partial charge in [-0.15, -0.1) is 0 Å². The van der Waals surface area contributed by atoms with Crippen molar-refractivity contribution < 1.29 is 19.9 Å². The van der Waals surface area contributed by atoms with Gasteiger partial charge in [0, 0.05) is 24.9 Å². The molecule has 0 aliphatic rings. The minimum absolute atomic E-state index is 0.00228. The summed E-state index contributed by atoms with van der Waals surface area (Å²) < 4.78 is 0. The highest BCUT2D eigenvalue weighted by Gasteiger charge is 2.19. The predicted octanol–water partition coefficient (Wildman–Crippen LogP) is 1.33. The lowest BCUT2D eigenvalue weighted by molar-refractivity contribution is -0.385. The van der Waals surface area contributed by atoms with Gasteiger partial charge in [0.25, 0.3) is 5.69 Å². The summed E-state index contributed by atoms with van der Waals surface area (Å²) in [5, 5.41) is 31.3. The molecule has 7 heteroatoms. The van der Waals surface area contributed by atoms with Crippen molar-refractivity contribution in [2.45, 2.75) is 6.92 Å². The monoisotopic (exact) mass is 254 g/mol. The summed E-state index contributed by atoms with van der Waals surface area (Å²) in [6.45, 7) is 2.26. The van der Waals surface area contributed by atoms with Gasteiger partial charge < -0.3 is 15.5 Å². The first-order valence-electron chi connectivity index (χ1n) is 5.32. The van der Waals surface area contributed by atoms with E-state index in [4.69, 9.17) is 10.2 Å². The van der Waals surface area contributed by atoms with E-state index in [1.54, 1.807) is 0 Å². The van der Waals surface area contributed by atoms with Crippen LogP contribution in [0, 0.1) is 16.0 Å². The number of nitro groups is 1. The number of carboxylic acid groups (broad SMARTS) is 1. The molecule has 18 heavy (non-hydrogen) atoms. The third kappa shape index (κ3) is 3.42. The Hall–Kier alpha value is -2.15. The maximum atomic E-state index is 10.8. The molecule has 1 atom stereocenters. The molecule has 0 aliphatic carbocycles. The van der Waals surface area contributed by atoms with E-state index >= 15 is 0 Å². The molecule has 0 spiro atoms. The van der Waals surface area contributed by atoms with Crippen molar-refractivity contribution in [3.63, 3.8) is 0 Å². The van der Waals surface area contributed by atoms with Gasteiger partial charge in [0.05, 0.1) is 4.92 Å². The molecule has 1 unspecified atom stereocenters. The van der Waals surface area contributed by atoms with Crippen LogP contribution in [0.5, 0.6) is 0 Å². The topological polar surface area (TPSA) is 113 Å². The smallest absolute Gasteiger partial charge is 0.342 e. The molecule has 0 saturated carbocycles. The van der Waals surface area contributed by atoms with Crippen molar-refractivity contribution in [1.29, 1.82) is 0 Å². The number of aromatic carboxylic acids is 1. The van der Waals surface area contributed by atoms with E-state index in [1.165, 1.54) is 18.2 Å². The maximum Gasteiger partial charge on any atom is 0.342 e. The van der Waals surface area contributed by atoms with Gasteiger partial charge >= 0.3 is 5.97 Å². The lowest BCUT2D eigenvalue weighted by Crippen LogP contribution is -2.14. The van der Waals surface area contributed by atoms with E-state index in [9.17, 15) is 14.9 Å². The van der Waals surface area contributed by atoms with Crippen LogP contribution in [0.3, 0.4) is 0 Å². The number of nitro benzene ring substituents is 1. The van der Waals surface area contributed by atoms with Gasteiger partial charge in [0.1, 0.15) is 5.56 Å². The van der Waals surface area contributed by atoms with Crippen LogP contribution in [-0.2, 0) is 0 Å². The molecule has 0 heterocycles. The molecule has 0 aliphatic heterocycles. The third-order valence-corrected chi connectivity index (χ3v) is 2.39. The molecule has 0 aromatic heterocycles. The highest BCUT2D eigenvalue weighted by Crippen LogP contribution is 2.23. The quantitative estimate of drug-likeness (QED) is 0.521. The highest BCUT2D eigenvalue weighted by molar-refractivity contribution is 5.93. The van der Waals surface area contributed by atoms with Crippen molar-refractivity contribution in [3.8, 4) is 0 Å². The average Bonchev–Trinajstić information content (AvgIpc) is 2.35. The number of nitrogens with zero attached hydrogens (tertiary/aromatic N) is 1. The van der Waals surface area contributed by atoms with Crippen LogP contribution in [0.4, 0.5) is 11.4 Å². The van der Waals surface area contributed by atoms with E-state index in [2.05, 4.69) is 5.32 Å². The van der Waals surface area contributed by atoms with E-state index in [1.807, 2.05) is 6.92 Å². The first kappa shape index (κ1) is 13.9. The second-order valence-electron chi connectivity index (χ2n) is 3.96. The minimum atomic E-state index is -1.34. The molecule has 0 bridgehead atoms. The molecule has 0 amide bonds. The van der Waals surface area contributed by atoms with Crippen LogP contribution in [0.1, 0.15) is 17.3 Å². The molecule has 7 nitrogen and oxygen atoms in total. The Bertz CT molecular complexity index is 461. The van der Waals surface area contributed by atoms with Gasteiger partial charge in [-0.05, 0) is 18.1 Å². The summed E-state index contributed by atoms with van der Waals surface area (Å²) in [5.41, 5.74) is -0.350.